The number of imidazole rings is 1. The molecule has 2 aromatic rings. The zero-order valence-corrected chi connectivity index (χ0v) is 14.7. The maximum absolute atomic E-state index is 12.8. The van der Waals surface area contributed by atoms with Gasteiger partial charge in [0.2, 0.25) is 11.8 Å². The number of aryl methyl sites for hydroxylation is 2. The minimum absolute atomic E-state index is 0.0709. The number of nitrogens with zero attached hydrogens (tertiary/aromatic N) is 4. The van der Waals surface area contributed by atoms with Crippen LogP contribution < -0.4 is 0 Å². The quantitative estimate of drug-likeness (QED) is 0.846. The summed E-state index contributed by atoms with van der Waals surface area (Å²) in [4.78, 5) is 32.3. The fraction of sp³-hybridized carbons (Fsp3) is 0.500. The largest absolute Gasteiger partial charge is 0.339 e. The van der Waals surface area contributed by atoms with E-state index in [1.54, 1.807) is 18.2 Å². The number of piperazine rings is 1. The molecule has 24 heavy (non-hydrogen) atoms. The van der Waals surface area contributed by atoms with Gasteiger partial charge in [-0.2, -0.15) is 0 Å². The average Bonchev–Trinajstić information content (AvgIpc) is 2.96. The van der Waals surface area contributed by atoms with E-state index in [9.17, 15) is 9.59 Å². The molecule has 0 bridgehead atoms. The maximum atomic E-state index is 12.8. The van der Waals surface area contributed by atoms with Crippen LogP contribution in [-0.4, -0.2) is 57.3 Å². The molecule has 0 spiro atoms. The van der Waals surface area contributed by atoms with Crippen LogP contribution in [-0.2, 0) is 9.59 Å². The van der Waals surface area contributed by atoms with Gasteiger partial charge in [0.1, 0.15) is 6.04 Å². The molecule has 1 atom stereocenters. The van der Waals surface area contributed by atoms with E-state index >= 15 is 0 Å². The van der Waals surface area contributed by atoms with Gasteiger partial charge in [-0.25, -0.2) is 4.98 Å². The summed E-state index contributed by atoms with van der Waals surface area (Å²) in [5, 5.41) is 0. The lowest BCUT2D eigenvalue weighted by Crippen LogP contribution is -2.51. The lowest BCUT2D eigenvalue weighted by molar-refractivity contribution is -0.140. The first-order chi connectivity index (χ1) is 11.4. The molecule has 1 aliphatic heterocycles. The zero-order valence-electron chi connectivity index (χ0n) is 14.7. The predicted molar refractivity (Wildman–Crippen MR) is 92.8 cm³/mol. The Morgan fingerprint density at radius 1 is 1.04 bits per heavy atom. The van der Waals surface area contributed by atoms with E-state index in [0.29, 0.717) is 26.2 Å². The van der Waals surface area contributed by atoms with Gasteiger partial charge in [0, 0.05) is 33.1 Å². The monoisotopic (exact) mass is 328 g/mol. The Morgan fingerprint density at radius 3 is 2.25 bits per heavy atom. The molecule has 128 valence electrons. The van der Waals surface area contributed by atoms with Crippen LogP contribution >= 0.6 is 0 Å². The molecule has 0 saturated carbocycles. The highest BCUT2D eigenvalue weighted by Gasteiger charge is 2.27. The van der Waals surface area contributed by atoms with Gasteiger partial charge in [-0.15, -0.1) is 0 Å². The lowest BCUT2D eigenvalue weighted by atomic mass is 10.1. The van der Waals surface area contributed by atoms with Gasteiger partial charge >= 0.3 is 0 Å². The van der Waals surface area contributed by atoms with E-state index < -0.39 is 0 Å². The summed E-state index contributed by atoms with van der Waals surface area (Å²) < 4.78 is 1.95. The molecule has 0 N–H and O–H groups in total. The van der Waals surface area contributed by atoms with E-state index in [1.165, 1.54) is 11.1 Å². The molecular formula is C18H24N4O2. The fourth-order valence-electron chi connectivity index (χ4n) is 3.22. The number of rotatable bonds is 2. The third kappa shape index (κ3) is 2.88. The number of amides is 2. The Morgan fingerprint density at radius 2 is 1.62 bits per heavy atom. The smallest absolute Gasteiger partial charge is 0.245 e. The molecule has 1 aliphatic rings. The summed E-state index contributed by atoms with van der Waals surface area (Å²) in [6, 6.07) is 3.85. The minimum Gasteiger partial charge on any atom is -0.339 e. The predicted octanol–water partition coefficient (Wildman–Crippen LogP) is 1.90. The molecule has 1 unspecified atom stereocenters. The summed E-state index contributed by atoms with van der Waals surface area (Å²) in [5.74, 6) is 0.150. The number of carbonyl (C=O) groups excluding carboxylic acids is 2. The van der Waals surface area contributed by atoms with Gasteiger partial charge in [-0.3, -0.25) is 9.59 Å². The molecule has 6 nitrogen and oxygen atoms in total. The van der Waals surface area contributed by atoms with Crippen LogP contribution in [0.2, 0.25) is 0 Å². The molecule has 1 fully saturated rings. The molecule has 6 heteroatoms. The van der Waals surface area contributed by atoms with Gasteiger partial charge in [0.15, 0.2) is 0 Å². The van der Waals surface area contributed by atoms with Crippen molar-refractivity contribution in [3.63, 3.8) is 0 Å². The van der Waals surface area contributed by atoms with Crippen molar-refractivity contribution in [2.24, 2.45) is 0 Å². The van der Waals surface area contributed by atoms with Gasteiger partial charge in [0.25, 0.3) is 0 Å². The number of hydrogen-bond acceptors (Lipinski definition) is 3. The van der Waals surface area contributed by atoms with Crippen molar-refractivity contribution in [2.45, 2.75) is 33.7 Å². The first-order valence-electron chi connectivity index (χ1n) is 8.36. The second kappa shape index (κ2) is 6.26. The molecule has 0 aliphatic carbocycles. The topological polar surface area (TPSA) is 58.4 Å². The molecule has 2 amide bonds. The summed E-state index contributed by atoms with van der Waals surface area (Å²) in [6.07, 6.45) is 1.75. The van der Waals surface area contributed by atoms with Crippen molar-refractivity contribution in [3.8, 4) is 0 Å². The van der Waals surface area contributed by atoms with Gasteiger partial charge < -0.3 is 14.4 Å². The van der Waals surface area contributed by atoms with Crippen molar-refractivity contribution in [2.75, 3.05) is 26.2 Å². The van der Waals surface area contributed by atoms with Crippen molar-refractivity contribution in [3.05, 3.63) is 29.6 Å². The number of hydrogen-bond donors (Lipinski definition) is 0. The number of carbonyl (C=O) groups is 2. The minimum atomic E-state index is -0.305. The van der Waals surface area contributed by atoms with E-state index in [-0.39, 0.29) is 17.9 Å². The van der Waals surface area contributed by atoms with Crippen LogP contribution in [0, 0.1) is 13.8 Å². The van der Waals surface area contributed by atoms with Crippen LogP contribution in [0.3, 0.4) is 0 Å². The molecule has 0 radical (unpaired) electrons. The second-order valence-corrected chi connectivity index (χ2v) is 6.58. The first-order valence-corrected chi connectivity index (χ1v) is 8.36. The van der Waals surface area contributed by atoms with E-state index in [1.807, 2.05) is 16.4 Å². The van der Waals surface area contributed by atoms with Crippen molar-refractivity contribution >= 4 is 22.8 Å². The average molecular weight is 328 g/mol. The molecule has 3 rings (SSSR count). The van der Waals surface area contributed by atoms with Crippen LogP contribution in [0.4, 0.5) is 0 Å². The summed E-state index contributed by atoms with van der Waals surface area (Å²) in [6.45, 7) is 10.0. The highest BCUT2D eigenvalue weighted by Crippen LogP contribution is 2.23. The lowest BCUT2D eigenvalue weighted by Gasteiger charge is -2.35. The van der Waals surface area contributed by atoms with Crippen LogP contribution in [0.25, 0.3) is 11.0 Å². The van der Waals surface area contributed by atoms with E-state index in [0.717, 1.165) is 11.0 Å². The normalized spacial score (nSPS) is 16.5. The van der Waals surface area contributed by atoms with Gasteiger partial charge in [-0.1, -0.05) is 0 Å². The molecule has 1 aromatic heterocycles. The van der Waals surface area contributed by atoms with Gasteiger partial charge in [0.05, 0.1) is 17.4 Å². The Bertz CT molecular complexity index is 788. The Labute approximate surface area is 142 Å². The summed E-state index contributed by atoms with van der Waals surface area (Å²) >= 11 is 0. The van der Waals surface area contributed by atoms with Crippen molar-refractivity contribution in [1.29, 1.82) is 0 Å². The number of fused-ring (bicyclic) bond motifs is 1. The maximum Gasteiger partial charge on any atom is 0.245 e. The van der Waals surface area contributed by atoms with Crippen LogP contribution in [0.1, 0.15) is 31.0 Å². The van der Waals surface area contributed by atoms with E-state index in [4.69, 9.17) is 0 Å². The Hall–Kier alpha value is -2.37. The zero-order chi connectivity index (χ0) is 17.4. The Kier molecular flexibility index (Phi) is 4.30. The summed E-state index contributed by atoms with van der Waals surface area (Å²) in [5.41, 5.74) is 4.30. The van der Waals surface area contributed by atoms with Crippen molar-refractivity contribution in [1.82, 2.24) is 19.4 Å². The SMILES string of the molecule is CC(=O)N1CCN(C(=O)C(C)n2cnc3cc(C)c(C)cc32)CC1. The van der Waals surface area contributed by atoms with Crippen LogP contribution in [0.15, 0.2) is 18.5 Å². The van der Waals surface area contributed by atoms with Gasteiger partial charge in [-0.05, 0) is 44.0 Å². The first kappa shape index (κ1) is 16.5. The molecule has 2 heterocycles. The second-order valence-electron chi connectivity index (χ2n) is 6.58. The number of aromatic nitrogens is 2. The molecule has 1 saturated heterocycles. The summed E-state index contributed by atoms with van der Waals surface area (Å²) in [7, 11) is 0. The highest BCUT2D eigenvalue weighted by atomic mass is 16.2. The third-order valence-corrected chi connectivity index (χ3v) is 5.00. The van der Waals surface area contributed by atoms with Crippen molar-refractivity contribution < 1.29 is 9.59 Å². The molecular weight excluding hydrogens is 304 g/mol. The standard InChI is InChI=1S/C18H24N4O2/c1-12-9-16-17(10-13(12)2)22(11-19-16)14(3)18(24)21-7-5-20(6-8-21)15(4)23/h9-11,14H,5-8H2,1-4H3. The number of benzene rings is 1. The van der Waals surface area contributed by atoms with E-state index in [2.05, 4.69) is 31.0 Å². The third-order valence-electron chi connectivity index (χ3n) is 5.00. The molecule has 1 aromatic carbocycles. The Balaban J connectivity index is 1.79. The van der Waals surface area contributed by atoms with Crippen LogP contribution in [0.5, 0.6) is 0 Å². The highest BCUT2D eigenvalue weighted by molar-refractivity contribution is 5.84. The fourth-order valence-corrected chi connectivity index (χ4v) is 3.22.